The van der Waals surface area contributed by atoms with Crippen LogP contribution in [0.1, 0.15) is 30.2 Å². The molecule has 0 fully saturated rings. The van der Waals surface area contributed by atoms with Crippen molar-refractivity contribution < 1.29 is 4.74 Å². The van der Waals surface area contributed by atoms with Crippen LogP contribution in [0.2, 0.25) is 5.02 Å². The highest BCUT2D eigenvalue weighted by atomic mass is 35.5. The van der Waals surface area contributed by atoms with E-state index in [2.05, 4.69) is 11.9 Å². The Bertz CT molecular complexity index is 498. The average Bonchev–Trinajstić information content (AvgIpc) is 2.87. The zero-order chi connectivity index (χ0) is 13.0. The van der Waals surface area contributed by atoms with Gasteiger partial charge >= 0.3 is 0 Å². The molecule has 0 N–H and O–H groups in total. The quantitative estimate of drug-likeness (QED) is 0.720. The van der Waals surface area contributed by atoms with Gasteiger partial charge in [-0.25, -0.2) is 4.98 Å². The van der Waals surface area contributed by atoms with E-state index >= 15 is 0 Å². The number of halogens is 2. The minimum Gasteiger partial charge on any atom is -0.483 e. The zero-order valence-electron chi connectivity index (χ0n) is 9.90. The van der Waals surface area contributed by atoms with E-state index in [1.54, 1.807) is 11.3 Å². The summed E-state index contributed by atoms with van der Waals surface area (Å²) in [4.78, 5) is 4.45. The van der Waals surface area contributed by atoms with Crippen LogP contribution in [-0.2, 0) is 5.88 Å². The van der Waals surface area contributed by atoms with Gasteiger partial charge in [0.15, 0.2) is 0 Å². The standard InChI is InChI=1S/C13H13Cl2NOS/c1-2-12(13-16-10(7-14)8-18-13)17-11-5-3-9(15)4-6-11/h3-6,8,12H,2,7H2,1H3. The third kappa shape index (κ3) is 3.37. The third-order valence-electron chi connectivity index (χ3n) is 2.44. The predicted octanol–water partition coefficient (Wildman–Crippen LogP) is 5.07. The topological polar surface area (TPSA) is 22.1 Å². The fraction of sp³-hybridized carbons (Fsp3) is 0.308. The Morgan fingerprint density at radius 2 is 2.06 bits per heavy atom. The molecule has 1 aromatic heterocycles. The smallest absolute Gasteiger partial charge is 0.150 e. The van der Waals surface area contributed by atoms with E-state index in [1.165, 1.54) is 0 Å². The summed E-state index contributed by atoms with van der Waals surface area (Å²) in [5, 5.41) is 3.63. The number of ether oxygens (including phenoxy) is 1. The second-order valence-corrected chi connectivity index (χ2v) is 5.37. The first-order valence-electron chi connectivity index (χ1n) is 5.65. The van der Waals surface area contributed by atoms with Crippen molar-refractivity contribution in [2.24, 2.45) is 0 Å². The van der Waals surface area contributed by atoms with Gasteiger partial charge in [0.05, 0.1) is 11.6 Å². The normalized spacial score (nSPS) is 12.4. The minimum atomic E-state index is -0.0341. The third-order valence-corrected chi connectivity index (χ3v) is 3.96. The summed E-state index contributed by atoms with van der Waals surface area (Å²) in [6, 6.07) is 7.35. The van der Waals surface area contributed by atoms with Crippen LogP contribution in [0.5, 0.6) is 5.75 Å². The number of hydrogen-bond donors (Lipinski definition) is 0. The molecule has 2 nitrogen and oxygen atoms in total. The molecule has 0 saturated heterocycles. The van der Waals surface area contributed by atoms with Gasteiger partial charge in [0.25, 0.3) is 0 Å². The van der Waals surface area contributed by atoms with Crippen molar-refractivity contribution in [3.63, 3.8) is 0 Å². The van der Waals surface area contributed by atoms with Gasteiger partial charge in [-0.3, -0.25) is 0 Å². The van der Waals surface area contributed by atoms with Crippen LogP contribution in [0.25, 0.3) is 0 Å². The van der Waals surface area contributed by atoms with E-state index in [0.29, 0.717) is 10.9 Å². The van der Waals surface area contributed by atoms with Crippen LogP contribution in [0, 0.1) is 0 Å². The molecule has 0 radical (unpaired) electrons. The number of nitrogens with zero attached hydrogens (tertiary/aromatic N) is 1. The lowest BCUT2D eigenvalue weighted by molar-refractivity contribution is 0.200. The molecular formula is C13H13Cl2NOS. The summed E-state index contributed by atoms with van der Waals surface area (Å²) < 4.78 is 5.91. The number of rotatable bonds is 5. The molecular weight excluding hydrogens is 289 g/mol. The number of aromatic nitrogens is 1. The minimum absolute atomic E-state index is 0.0341. The van der Waals surface area contributed by atoms with E-state index in [4.69, 9.17) is 27.9 Å². The van der Waals surface area contributed by atoms with Crippen molar-refractivity contribution in [1.29, 1.82) is 0 Å². The van der Waals surface area contributed by atoms with Gasteiger partial charge in [-0.2, -0.15) is 0 Å². The maximum absolute atomic E-state index is 5.91. The van der Waals surface area contributed by atoms with Gasteiger partial charge in [0.1, 0.15) is 16.9 Å². The molecule has 0 aliphatic heterocycles. The number of benzene rings is 1. The largest absolute Gasteiger partial charge is 0.483 e. The highest BCUT2D eigenvalue weighted by molar-refractivity contribution is 7.09. The summed E-state index contributed by atoms with van der Waals surface area (Å²) in [5.74, 6) is 1.24. The molecule has 0 saturated carbocycles. The zero-order valence-corrected chi connectivity index (χ0v) is 12.2. The molecule has 96 valence electrons. The van der Waals surface area contributed by atoms with Gasteiger partial charge in [-0.05, 0) is 30.7 Å². The van der Waals surface area contributed by atoms with Crippen molar-refractivity contribution >= 4 is 34.5 Å². The first-order chi connectivity index (χ1) is 8.72. The lowest BCUT2D eigenvalue weighted by Gasteiger charge is -2.15. The Labute approximate surface area is 121 Å². The first-order valence-corrected chi connectivity index (χ1v) is 7.44. The van der Waals surface area contributed by atoms with E-state index in [1.807, 2.05) is 29.6 Å². The molecule has 0 bridgehead atoms. The van der Waals surface area contributed by atoms with Gasteiger partial charge in [-0.1, -0.05) is 18.5 Å². The van der Waals surface area contributed by atoms with E-state index in [9.17, 15) is 0 Å². The summed E-state index contributed by atoms with van der Waals surface area (Å²) in [6.07, 6.45) is 0.825. The second-order valence-electron chi connectivity index (χ2n) is 3.78. The Balaban J connectivity index is 2.11. The highest BCUT2D eigenvalue weighted by Crippen LogP contribution is 2.28. The molecule has 1 unspecified atom stereocenters. The average molecular weight is 302 g/mol. The molecule has 5 heteroatoms. The maximum atomic E-state index is 5.91. The first kappa shape index (κ1) is 13.7. The SMILES string of the molecule is CCC(Oc1ccc(Cl)cc1)c1nc(CCl)cs1. The summed E-state index contributed by atoms with van der Waals surface area (Å²) in [5.41, 5.74) is 0.898. The van der Waals surface area contributed by atoms with Gasteiger partial charge < -0.3 is 4.74 Å². The second kappa shape index (κ2) is 6.41. The van der Waals surface area contributed by atoms with E-state index < -0.39 is 0 Å². The van der Waals surface area contributed by atoms with Crippen molar-refractivity contribution in [3.8, 4) is 5.75 Å². The molecule has 0 amide bonds. The molecule has 0 spiro atoms. The fourth-order valence-electron chi connectivity index (χ4n) is 1.52. The maximum Gasteiger partial charge on any atom is 0.150 e. The van der Waals surface area contributed by atoms with Crippen LogP contribution < -0.4 is 4.74 Å². The molecule has 0 aliphatic carbocycles. The van der Waals surface area contributed by atoms with E-state index in [0.717, 1.165) is 22.9 Å². The van der Waals surface area contributed by atoms with Gasteiger partial charge in [0.2, 0.25) is 0 Å². The number of thiazole rings is 1. The molecule has 2 rings (SSSR count). The van der Waals surface area contributed by atoms with Crippen molar-refractivity contribution in [2.45, 2.75) is 25.3 Å². The Morgan fingerprint density at radius 1 is 1.33 bits per heavy atom. The molecule has 2 aromatic rings. The van der Waals surface area contributed by atoms with Crippen molar-refractivity contribution in [1.82, 2.24) is 4.98 Å². The van der Waals surface area contributed by atoms with Crippen LogP contribution in [-0.4, -0.2) is 4.98 Å². The summed E-state index contributed by atoms with van der Waals surface area (Å²) in [6.45, 7) is 2.07. The Hall–Kier alpha value is -0.770. The molecule has 18 heavy (non-hydrogen) atoms. The lowest BCUT2D eigenvalue weighted by atomic mass is 10.3. The predicted molar refractivity (Wildman–Crippen MR) is 76.8 cm³/mol. The molecule has 1 aromatic carbocycles. The summed E-state index contributed by atoms with van der Waals surface area (Å²) in [7, 11) is 0. The van der Waals surface area contributed by atoms with Crippen LogP contribution in [0.3, 0.4) is 0 Å². The van der Waals surface area contributed by atoms with Crippen molar-refractivity contribution in [3.05, 3.63) is 45.4 Å². The van der Waals surface area contributed by atoms with Crippen LogP contribution in [0.15, 0.2) is 29.6 Å². The number of hydrogen-bond acceptors (Lipinski definition) is 3. The van der Waals surface area contributed by atoms with Gasteiger partial charge in [-0.15, -0.1) is 22.9 Å². The Kier molecular flexibility index (Phi) is 4.87. The van der Waals surface area contributed by atoms with E-state index in [-0.39, 0.29) is 6.10 Å². The summed E-state index contributed by atoms with van der Waals surface area (Å²) >= 11 is 13.2. The van der Waals surface area contributed by atoms with Crippen LogP contribution >= 0.6 is 34.5 Å². The number of alkyl halides is 1. The van der Waals surface area contributed by atoms with Crippen LogP contribution in [0.4, 0.5) is 0 Å². The highest BCUT2D eigenvalue weighted by Gasteiger charge is 2.15. The van der Waals surface area contributed by atoms with Crippen molar-refractivity contribution in [2.75, 3.05) is 0 Å². The lowest BCUT2D eigenvalue weighted by Crippen LogP contribution is -2.06. The Morgan fingerprint density at radius 3 is 2.61 bits per heavy atom. The molecule has 0 aliphatic rings. The monoisotopic (exact) mass is 301 g/mol. The van der Waals surface area contributed by atoms with Gasteiger partial charge in [0, 0.05) is 10.4 Å². The fourth-order valence-corrected chi connectivity index (χ4v) is 2.80. The molecule has 1 heterocycles. The molecule has 1 atom stereocenters.